The maximum absolute atomic E-state index is 12.5. The van der Waals surface area contributed by atoms with E-state index in [0.29, 0.717) is 27.8 Å². The largest absolute Gasteiger partial charge is 0.309 e. The molecule has 0 amide bonds. The van der Waals surface area contributed by atoms with Crippen molar-refractivity contribution in [1.82, 2.24) is 40.0 Å². The first-order valence-corrected chi connectivity index (χ1v) is 10.2. The molecule has 3 heterocycles. The van der Waals surface area contributed by atoms with E-state index >= 15 is 0 Å². The van der Waals surface area contributed by atoms with Gasteiger partial charge in [-0.2, -0.15) is 9.78 Å². The maximum atomic E-state index is 12.5. The highest BCUT2D eigenvalue weighted by Gasteiger charge is 2.14. The number of hydrogen-bond donors (Lipinski definition) is 1. The molecule has 2 aromatic carbocycles. The second-order valence-corrected chi connectivity index (χ2v) is 7.58. The van der Waals surface area contributed by atoms with Crippen LogP contribution in [0.3, 0.4) is 0 Å². The average molecular weight is 416 g/mol. The van der Waals surface area contributed by atoms with Crippen molar-refractivity contribution in [1.29, 1.82) is 0 Å². The molecule has 0 aliphatic rings. The number of aromatic amines is 1. The molecule has 0 radical (unpaired) electrons. The van der Waals surface area contributed by atoms with Crippen LogP contribution in [0.15, 0.2) is 70.7 Å². The third-order valence-electron chi connectivity index (χ3n) is 4.55. The normalized spacial score (nSPS) is 11.2. The highest BCUT2D eigenvalue weighted by atomic mass is 32.2. The number of para-hydroxylation sites is 1. The monoisotopic (exact) mass is 416 g/mol. The van der Waals surface area contributed by atoms with E-state index in [4.69, 9.17) is 0 Å². The predicted octanol–water partition coefficient (Wildman–Crippen LogP) is 2.69. The molecular weight excluding hydrogens is 400 g/mol. The van der Waals surface area contributed by atoms with Gasteiger partial charge < -0.3 is 4.98 Å². The summed E-state index contributed by atoms with van der Waals surface area (Å²) in [5.41, 5.74) is 3.15. The Hall–Kier alpha value is -3.79. The summed E-state index contributed by atoms with van der Waals surface area (Å²) in [7, 11) is 0. The third kappa shape index (κ3) is 3.37. The zero-order valence-electron chi connectivity index (χ0n) is 15.9. The molecule has 5 aromatic rings. The van der Waals surface area contributed by atoms with Gasteiger partial charge in [-0.1, -0.05) is 47.7 Å². The van der Waals surface area contributed by atoms with Crippen molar-refractivity contribution in [2.75, 3.05) is 0 Å². The van der Waals surface area contributed by atoms with E-state index in [1.165, 1.54) is 18.0 Å². The van der Waals surface area contributed by atoms with Gasteiger partial charge in [0.2, 0.25) is 5.16 Å². The van der Waals surface area contributed by atoms with E-state index in [9.17, 15) is 4.79 Å². The van der Waals surface area contributed by atoms with Crippen LogP contribution in [-0.4, -0.2) is 40.0 Å². The van der Waals surface area contributed by atoms with Gasteiger partial charge in [0.1, 0.15) is 11.2 Å². The Morgan fingerprint density at radius 3 is 2.57 bits per heavy atom. The van der Waals surface area contributed by atoms with Gasteiger partial charge >= 0.3 is 0 Å². The minimum atomic E-state index is -0.226. The fourth-order valence-corrected chi connectivity index (χ4v) is 3.80. The molecule has 0 aliphatic carbocycles. The summed E-state index contributed by atoms with van der Waals surface area (Å²) < 4.78 is 3.32. The van der Waals surface area contributed by atoms with Gasteiger partial charge in [-0.15, -0.1) is 5.10 Å². The number of thioether (sulfide) groups is 1. The third-order valence-corrected chi connectivity index (χ3v) is 5.48. The van der Waals surface area contributed by atoms with Gasteiger partial charge in [0.15, 0.2) is 5.65 Å². The van der Waals surface area contributed by atoms with Crippen LogP contribution < -0.4 is 5.56 Å². The summed E-state index contributed by atoms with van der Waals surface area (Å²) in [5, 5.41) is 17.3. The molecule has 1 N–H and O–H groups in total. The predicted molar refractivity (Wildman–Crippen MR) is 113 cm³/mol. The van der Waals surface area contributed by atoms with Crippen molar-refractivity contribution in [3.8, 4) is 11.4 Å². The Balaban J connectivity index is 1.45. The van der Waals surface area contributed by atoms with Crippen LogP contribution in [-0.2, 0) is 5.75 Å². The van der Waals surface area contributed by atoms with E-state index in [0.717, 1.165) is 16.9 Å². The van der Waals surface area contributed by atoms with Crippen LogP contribution in [0, 0.1) is 6.92 Å². The molecule has 148 valence electrons. The number of tetrazole rings is 1. The average Bonchev–Trinajstić information content (AvgIpc) is 3.41. The minimum Gasteiger partial charge on any atom is -0.309 e. The smallest absolute Gasteiger partial charge is 0.262 e. The molecule has 9 nitrogen and oxygen atoms in total. The Labute approximate surface area is 174 Å². The number of aromatic nitrogens is 8. The van der Waals surface area contributed by atoms with Gasteiger partial charge in [-0.25, -0.2) is 9.67 Å². The molecule has 3 aromatic heterocycles. The van der Waals surface area contributed by atoms with E-state index < -0.39 is 0 Å². The molecule has 0 spiro atoms. The lowest BCUT2D eigenvalue weighted by molar-refractivity contribution is 0.756. The molecule has 0 saturated carbocycles. The molecule has 0 unspecified atom stereocenters. The van der Waals surface area contributed by atoms with E-state index in [-0.39, 0.29) is 5.56 Å². The van der Waals surface area contributed by atoms with Crippen molar-refractivity contribution in [3.05, 3.63) is 82.5 Å². The van der Waals surface area contributed by atoms with Crippen molar-refractivity contribution < 1.29 is 0 Å². The SMILES string of the molecule is Cc1ccc(-n2nnnc2SCc2nc3c(cnn3-c3ccccc3)c(=O)[nH]2)cc1. The van der Waals surface area contributed by atoms with Crippen LogP contribution in [0.1, 0.15) is 11.4 Å². The molecule has 0 bridgehead atoms. The topological polar surface area (TPSA) is 107 Å². The zero-order valence-corrected chi connectivity index (χ0v) is 16.7. The van der Waals surface area contributed by atoms with Gasteiger partial charge in [0, 0.05) is 0 Å². The van der Waals surface area contributed by atoms with E-state index in [2.05, 4.69) is 30.6 Å². The minimum absolute atomic E-state index is 0.226. The van der Waals surface area contributed by atoms with Gasteiger partial charge in [-0.05, 0) is 41.6 Å². The molecule has 0 aliphatic heterocycles. The van der Waals surface area contributed by atoms with Crippen LogP contribution in [0.25, 0.3) is 22.4 Å². The number of fused-ring (bicyclic) bond motifs is 1. The lowest BCUT2D eigenvalue weighted by atomic mass is 10.2. The Morgan fingerprint density at radius 1 is 1.00 bits per heavy atom. The summed E-state index contributed by atoms with van der Waals surface area (Å²) in [6.45, 7) is 2.03. The number of nitrogens with zero attached hydrogens (tertiary/aromatic N) is 7. The second kappa shape index (κ2) is 7.56. The van der Waals surface area contributed by atoms with Crippen LogP contribution >= 0.6 is 11.8 Å². The van der Waals surface area contributed by atoms with Crippen LogP contribution in [0.4, 0.5) is 0 Å². The summed E-state index contributed by atoms with van der Waals surface area (Å²) in [5.74, 6) is 0.922. The molecule has 5 rings (SSSR count). The number of benzene rings is 2. The molecule has 10 heteroatoms. The zero-order chi connectivity index (χ0) is 20.5. The number of rotatable bonds is 5. The van der Waals surface area contributed by atoms with Crippen molar-refractivity contribution in [3.63, 3.8) is 0 Å². The van der Waals surface area contributed by atoms with Crippen molar-refractivity contribution >= 4 is 22.8 Å². The standard InChI is InChI=1S/C20H16N8OS/c1-13-7-9-15(10-8-13)28-20(24-25-26-28)30-12-17-22-18-16(19(29)23-17)11-21-27(18)14-5-3-2-4-6-14/h2-11H,12H2,1H3,(H,22,23,29). The number of H-pyrrole nitrogens is 1. The second-order valence-electron chi connectivity index (χ2n) is 6.64. The van der Waals surface area contributed by atoms with Crippen molar-refractivity contribution in [2.45, 2.75) is 17.8 Å². The number of aryl methyl sites for hydroxylation is 1. The Kier molecular flexibility index (Phi) is 4.60. The fourth-order valence-electron chi connectivity index (χ4n) is 3.04. The summed E-state index contributed by atoms with van der Waals surface area (Å²) >= 11 is 1.39. The maximum Gasteiger partial charge on any atom is 0.262 e. The van der Waals surface area contributed by atoms with Gasteiger partial charge in [0.05, 0.1) is 23.3 Å². The summed E-state index contributed by atoms with van der Waals surface area (Å²) in [6, 6.07) is 17.5. The Morgan fingerprint density at radius 2 is 1.77 bits per heavy atom. The fraction of sp³-hybridized carbons (Fsp3) is 0.100. The highest BCUT2D eigenvalue weighted by molar-refractivity contribution is 7.98. The molecule has 0 fully saturated rings. The van der Waals surface area contributed by atoms with Crippen molar-refractivity contribution in [2.24, 2.45) is 0 Å². The molecule has 0 atom stereocenters. The lowest BCUT2D eigenvalue weighted by Crippen LogP contribution is -2.12. The van der Waals surface area contributed by atoms with Gasteiger partial charge in [-0.3, -0.25) is 4.79 Å². The summed E-state index contributed by atoms with van der Waals surface area (Å²) in [6.07, 6.45) is 1.53. The lowest BCUT2D eigenvalue weighted by Gasteiger charge is -2.06. The quantitative estimate of drug-likeness (QED) is 0.439. The van der Waals surface area contributed by atoms with Gasteiger partial charge in [0.25, 0.3) is 5.56 Å². The first kappa shape index (κ1) is 18.3. The molecule has 30 heavy (non-hydrogen) atoms. The number of hydrogen-bond acceptors (Lipinski definition) is 7. The number of nitrogens with one attached hydrogen (secondary N) is 1. The van der Waals surface area contributed by atoms with E-state index in [1.54, 1.807) is 9.36 Å². The first-order valence-electron chi connectivity index (χ1n) is 9.19. The van der Waals surface area contributed by atoms with E-state index in [1.807, 2.05) is 61.5 Å². The Bertz CT molecular complexity index is 1370. The first-order chi connectivity index (χ1) is 14.7. The highest BCUT2D eigenvalue weighted by Crippen LogP contribution is 2.22. The molecular formula is C20H16N8OS. The summed E-state index contributed by atoms with van der Waals surface area (Å²) in [4.78, 5) is 20.0. The van der Waals surface area contributed by atoms with Crippen LogP contribution in [0.5, 0.6) is 0 Å². The molecule has 0 saturated heterocycles. The van der Waals surface area contributed by atoms with Crippen LogP contribution in [0.2, 0.25) is 0 Å².